The molecule has 8 heteroatoms. The van der Waals surface area contributed by atoms with E-state index in [-0.39, 0.29) is 33.2 Å². The van der Waals surface area contributed by atoms with Crippen LogP contribution in [-0.2, 0) is 34.5 Å². The fourth-order valence-corrected chi connectivity index (χ4v) is 11.6. The van der Waals surface area contributed by atoms with E-state index in [4.69, 9.17) is 9.47 Å². The monoisotopic (exact) mass is 850 g/mol. The van der Waals surface area contributed by atoms with Crippen LogP contribution >= 0.6 is 47.0 Å². The Kier molecular flexibility index (Phi) is 11.8. The molecule has 58 heavy (non-hydrogen) atoms. The summed E-state index contributed by atoms with van der Waals surface area (Å²) in [6.07, 6.45) is 1.44. The average Bonchev–Trinajstić information content (AvgIpc) is 3.11. The second-order valence-electron chi connectivity index (χ2n) is 19.6. The minimum Gasteiger partial charge on any atom is -0.506 e. The molecule has 0 saturated carbocycles. The Morgan fingerprint density at radius 1 is 0.397 bits per heavy atom. The predicted molar refractivity (Wildman–Crippen MR) is 245 cm³/mol. The summed E-state index contributed by atoms with van der Waals surface area (Å²) in [6.45, 7) is 27.6. The molecule has 306 valence electrons. The van der Waals surface area contributed by atoms with Crippen molar-refractivity contribution in [3.05, 3.63) is 106 Å². The Balaban J connectivity index is 1.62. The van der Waals surface area contributed by atoms with Crippen molar-refractivity contribution < 1.29 is 19.7 Å². The molecule has 5 aromatic rings. The van der Waals surface area contributed by atoms with Crippen LogP contribution in [0.1, 0.15) is 116 Å². The van der Waals surface area contributed by atoms with Gasteiger partial charge in [0.05, 0.1) is 52.4 Å². The summed E-state index contributed by atoms with van der Waals surface area (Å²) in [6, 6.07) is 26.1. The number of fused-ring (bicyclic) bond motifs is 4. The van der Waals surface area contributed by atoms with E-state index in [1.165, 1.54) is 11.1 Å². The lowest BCUT2D eigenvalue weighted by atomic mass is 9.87. The summed E-state index contributed by atoms with van der Waals surface area (Å²) in [5, 5.41) is 24.8. The number of phenols is 2. The minimum absolute atomic E-state index is 0.185. The zero-order valence-electron chi connectivity index (χ0n) is 36.1. The van der Waals surface area contributed by atoms with Gasteiger partial charge in [-0.25, -0.2) is 0 Å². The average molecular weight is 851 g/mol. The van der Waals surface area contributed by atoms with Crippen LogP contribution in [0.5, 0.6) is 23.0 Å². The Labute approximate surface area is 363 Å². The fourth-order valence-electron chi connectivity index (χ4n) is 6.99. The molecule has 3 heterocycles. The highest BCUT2D eigenvalue weighted by atomic mass is 32.2. The van der Waals surface area contributed by atoms with E-state index in [1.807, 2.05) is 0 Å². The number of hydrogen-bond acceptors (Lipinski definition) is 8. The topological polar surface area (TPSA) is 58.9 Å². The summed E-state index contributed by atoms with van der Waals surface area (Å²) in [4.78, 5) is 6.80. The SMILES string of the molecule is CC(C)(C)c1cc2c(O)c(c1)Sc1cc(C(C)(C)C)cc3c1OCCc1ccccc1CCOc1c(cc(C(C)(C)C)cc1Sc1cc(C(C)(C)C)cc(c1O)S3)S2. The van der Waals surface area contributed by atoms with Crippen molar-refractivity contribution in [2.24, 2.45) is 0 Å². The van der Waals surface area contributed by atoms with Gasteiger partial charge in [-0.2, -0.15) is 0 Å². The van der Waals surface area contributed by atoms with Gasteiger partial charge in [-0.3, -0.25) is 0 Å². The lowest BCUT2D eigenvalue weighted by molar-refractivity contribution is 0.300. The van der Waals surface area contributed by atoms with E-state index in [0.29, 0.717) is 13.2 Å². The van der Waals surface area contributed by atoms with E-state index in [9.17, 15) is 10.2 Å². The Bertz CT molecular complexity index is 2110. The van der Waals surface area contributed by atoms with Gasteiger partial charge in [-0.1, -0.05) is 154 Å². The van der Waals surface area contributed by atoms with Crippen molar-refractivity contribution in [2.45, 2.75) is 157 Å². The van der Waals surface area contributed by atoms with E-state index < -0.39 is 0 Å². The van der Waals surface area contributed by atoms with E-state index in [0.717, 1.165) is 85.8 Å². The van der Waals surface area contributed by atoms with Crippen LogP contribution in [0.4, 0.5) is 0 Å². The van der Waals surface area contributed by atoms with Crippen molar-refractivity contribution >= 4 is 47.0 Å². The van der Waals surface area contributed by atoms with Crippen molar-refractivity contribution in [2.75, 3.05) is 13.2 Å². The highest BCUT2D eigenvalue weighted by molar-refractivity contribution is 8.01. The van der Waals surface area contributed by atoms with Gasteiger partial charge in [0, 0.05) is 12.8 Å². The van der Waals surface area contributed by atoms with Crippen molar-refractivity contribution in [3.8, 4) is 23.0 Å². The molecule has 0 unspecified atom stereocenters. The summed E-state index contributed by atoms with van der Waals surface area (Å²) in [5.41, 5.74) is 6.29. The zero-order valence-corrected chi connectivity index (χ0v) is 39.4. The number of ether oxygens (including phenoxy) is 2. The van der Waals surface area contributed by atoms with Gasteiger partial charge in [0.2, 0.25) is 0 Å². The maximum Gasteiger partial charge on any atom is 0.147 e. The highest BCUT2D eigenvalue weighted by Crippen LogP contribution is 2.56. The molecule has 0 spiro atoms. The third-order valence-corrected chi connectivity index (χ3v) is 15.0. The largest absolute Gasteiger partial charge is 0.506 e. The molecule has 0 aliphatic carbocycles. The summed E-state index contributed by atoms with van der Waals surface area (Å²) >= 11 is 6.23. The van der Waals surface area contributed by atoms with Gasteiger partial charge in [0.15, 0.2) is 0 Å². The molecule has 0 saturated heterocycles. The quantitative estimate of drug-likeness (QED) is 0.157. The Morgan fingerprint density at radius 3 is 0.879 bits per heavy atom. The predicted octanol–water partition coefficient (Wildman–Crippen LogP) is 14.8. The molecular formula is C50H58O4S4. The molecule has 0 atom stereocenters. The van der Waals surface area contributed by atoms with Crippen molar-refractivity contribution in [1.29, 1.82) is 0 Å². The third-order valence-electron chi connectivity index (χ3n) is 10.8. The number of phenolic OH excluding ortho intramolecular Hbond substituents is 2. The molecule has 2 N–H and O–H groups in total. The first-order valence-electron chi connectivity index (χ1n) is 20.2. The standard InChI is InChI=1S/C50H58O4S4/c1-47(2,3)31-21-35-43(51)36(22-31)56-40-26-34(50(10,11)12)28-42-46(40)54-20-18-30-16-14-13-15-29(30)17-19-53-45-39(55-35)25-33(49(7,8)9)27-41(45)57-37-23-32(48(4,5)6)24-38(58-42)44(37)52/h13-16,21-28,51-52H,17-20H2,1-12H3. The molecule has 10 bridgehead atoms. The van der Waals surface area contributed by atoms with Gasteiger partial charge in [-0.05, 0) is 104 Å². The van der Waals surface area contributed by atoms with Crippen LogP contribution in [0.2, 0.25) is 0 Å². The maximum atomic E-state index is 12.4. The summed E-state index contributed by atoms with van der Waals surface area (Å²) < 4.78 is 14.0. The lowest BCUT2D eigenvalue weighted by Crippen LogP contribution is -2.13. The third kappa shape index (κ3) is 9.21. The van der Waals surface area contributed by atoms with Crippen LogP contribution in [0.25, 0.3) is 0 Å². The van der Waals surface area contributed by atoms with Crippen LogP contribution in [-0.4, -0.2) is 23.4 Å². The first kappa shape index (κ1) is 42.8. The van der Waals surface area contributed by atoms with E-state index >= 15 is 0 Å². The molecule has 3 aliphatic rings. The smallest absolute Gasteiger partial charge is 0.147 e. The molecule has 8 rings (SSSR count). The first-order valence-corrected chi connectivity index (χ1v) is 23.5. The maximum absolute atomic E-state index is 12.4. The van der Waals surface area contributed by atoms with Crippen molar-refractivity contribution in [3.63, 3.8) is 0 Å². The molecule has 0 amide bonds. The second kappa shape index (κ2) is 15.9. The normalized spacial score (nSPS) is 15.1. The van der Waals surface area contributed by atoms with Crippen LogP contribution in [0, 0.1) is 0 Å². The minimum atomic E-state index is -0.186. The Hall–Kier alpha value is -3.30. The molecule has 4 nitrogen and oxygen atoms in total. The molecule has 3 aliphatic heterocycles. The van der Waals surface area contributed by atoms with Crippen LogP contribution < -0.4 is 9.47 Å². The second-order valence-corrected chi connectivity index (χ2v) is 24.0. The fraction of sp³-hybridized carbons (Fsp3) is 0.400. The van der Waals surface area contributed by atoms with E-state index in [1.54, 1.807) is 47.0 Å². The number of hydrogen-bond donors (Lipinski definition) is 2. The van der Waals surface area contributed by atoms with Crippen molar-refractivity contribution in [1.82, 2.24) is 0 Å². The Morgan fingerprint density at radius 2 is 0.638 bits per heavy atom. The molecule has 0 aromatic heterocycles. The van der Waals surface area contributed by atoms with Gasteiger partial charge >= 0.3 is 0 Å². The molecule has 0 radical (unpaired) electrons. The number of aromatic hydroxyl groups is 2. The number of rotatable bonds is 0. The lowest BCUT2D eigenvalue weighted by Gasteiger charge is -2.27. The van der Waals surface area contributed by atoms with Gasteiger partial charge < -0.3 is 19.7 Å². The van der Waals surface area contributed by atoms with E-state index in [2.05, 4.69) is 156 Å². The van der Waals surface area contributed by atoms with Gasteiger partial charge in [-0.15, -0.1) is 0 Å². The zero-order chi connectivity index (χ0) is 41.9. The van der Waals surface area contributed by atoms with Gasteiger partial charge in [0.1, 0.15) is 23.0 Å². The van der Waals surface area contributed by atoms with Crippen LogP contribution in [0.15, 0.2) is 112 Å². The van der Waals surface area contributed by atoms with Gasteiger partial charge in [0.25, 0.3) is 0 Å². The summed E-state index contributed by atoms with van der Waals surface area (Å²) in [5.74, 6) is 2.00. The molecule has 5 aromatic carbocycles. The van der Waals surface area contributed by atoms with Crippen LogP contribution in [0.3, 0.4) is 0 Å². The molecular weight excluding hydrogens is 793 g/mol. The number of benzene rings is 5. The summed E-state index contributed by atoms with van der Waals surface area (Å²) in [7, 11) is 0. The highest BCUT2D eigenvalue weighted by Gasteiger charge is 2.30. The first-order chi connectivity index (χ1) is 27.1. The molecule has 0 fully saturated rings.